The van der Waals surface area contributed by atoms with Crippen LogP contribution in [-0.4, -0.2) is 62.4 Å². The van der Waals surface area contributed by atoms with E-state index in [9.17, 15) is 54.3 Å². The molecule has 0 aliphatic carbocycles. The molecule has 0 aliphatic rings. The van der Waals surface area contributed by atoms with Gasteiger partial charge in [0.15, 0.2) is 11.6 Å². The Bertz CT molecular complexity index is 1970. The number of Topliss-reactive ketones (excluding diaryl/α,β-unsaturated/α-hetero) is 2. The smallest absolute Gasteiger partial charge is 0.875 e. The second-order valence-electron chi connectivity index (χ2n) is 10.4. The maximum Gasteiger partial charge on any atom is 2.00 e. The number of rotatable bonds is 3. The van der Waals surface area contributed by atoms with Crippen molar-refractivity contribution in [3.8, 4) is 0 Å². The van der Waals surface area contributed by atoms with E-state index in [0.717, 1.165) is 71.3 Å². The maximum absolute atomic E-state index is 11.1. The van der Waals surface area contributed by atoms with Gasteiger partial charge in [0.05, 0.1) is 22.1 Å². The summed E-state index contributed by atoms with van der Waals surface area (Å²) in [6.45, 7) is 4.62. The maximum atomic E-state index is 11.1. The number of carbonyl (C=O) groups excluding carboxylic acids is 2. The van der Waals surface area contributed by atoms with E-state index in [1.54, 1.807) is 24.8 Å². The Morgan fingerprint density at radius 2 is 0.614 bits per heavy atom. The van der Waals surface area contributed by atoms with Crippen molar-refractivity contribution in [2.24, 2.45) is 0 Å². The molecule has 0 aliphatic heterocycles. The normalized spacial score (nSPS) is 10.9. The van der Waals surface area contributed by atoms with Crippen LogP contribution in [0, 0.1) is 0 Å². The van der Waals surface area contributed by atoms with Gasteiger partial charge in [-0.25, -0.2) is 0 Å². The summed E-state index contributed by atoms with van der Waals surface area (Å²) in [6, 6.07) is 24.3. The molecule has 0 unspecified atom stereocenters. The molecule has 4 heterocycles. The number of carbonyl (C=O) groups is 2. The predicted molar refractivity (Wildman–Crippen MR) is 192 cm³/mol. The van der Waals surface area contributed by atoms with E-state index in [2.05, 4.69) is 68.5 Å². The zero-order valence-corrected chi connectivity index (χ0v) is 31.8. The van der Waals surface area contributed by atoms with Crippen molar-refractivity contribution < 1.29 is 105 Å². The van der Waals surface area contributed by atoms with Gasteiger partial charge in [-0.05, 0) is 38.1 Å². The summed E-state index contributed by atoms with van der Waals surface area (Å²) in [4.78, 5) is 39.5. The van der Waals surface area contributed by atoms with E-state index in [1.807, 2.05) is 24.3 Å². The molecule has 11 nitrogen and oxygen atoms in total. The van der Waals surface area contributed by atoms with Crippen LogP contribution < -0.4 is 10.2 Å². The van der Waals surface area contributed by atoms with Crippen molar-refractivity contribution >= 4 is 69.7 Å². The molecule has 0 saturated carbocycles. The second kappa shape index (κ2) is 26.8. The Labute approximate surface area is 341 Å². The third kappa shape index (κ3) is 20.6. The first-order chi connectivity index (χ1) is 24.2. The van der Waals surface area contributed by atoms with Gasteiger partial charge in [-0.1, -0.05) is 62.4 Å². The first-order valence-electron chi connectivity index (χ1n) is 14.9. The number of nitrogens with zero attached hydrogens (tertiary/aromatic N) is 4. The van der Waals surface area contributed by atoms with E-state index in [-0.39, 0.29) is 61.7 Å². The summed E-state index contributed by atoms with van der Waals surface area (Å²) < 4.78 is 78.0. The number of benzene rings is 2. The van der Waals surface area contributed by atoms with Gasteiger partial charge in [0.1, 0.15) is 0 Å². The molecule has 6 aromatic rings. The number of fused-ring (bicyclic) bond motifs is 6. The van der Waals surface area contributed by atoms with Crippen molar-refractivity contribution in [1.82, 2.24) is 19.9 Å². The summed E-state index contributed by atoms with van der Waals surface area (Å²) in [6.07, 6.45) is 7.21. The number of allylic oxidation sites excluding steroid dienone is 4. The van der Waals surface area contributed by atoms with Gasteiger partial charge in [0.25, 0.3) is 0 Å². The van der Waals surface area contributed by atoms with Crippen LogP contribution in [0.2, 0.25) is 0 Å². The Morgan fingerprint density at radius 3 is 0.754 bits per heavy atom. The molecule has 4 aromatic heterocycles. The van der Waals surface area contributed by atoms with Crippen LogP contribution in [0.3, 0.4) is 0 Å². The number of pyridine rings is 4. The van der Waals surface area contributed by atoms with Crippen LogP contribution in [0.5, 0.6) is 0 Å². The standard InChI is InChI=1S/2C12H8N2.C10H14O4.2BF4.2Cu.3H2O/c2*1-3-9-5-6-10-4-2-8-14-12(10)11(9)13-7-1;1-5(11)9(6(2)12)10(7(3)13)8(4)14;2*2-1(3,4)5;;;;;/h2*1-8H;11,13H,1-4H3;;;;;3*1H2/q;;;2*-1;2*+2;;;/p-2/b;;9-5+,10-7+;;;;;;;. The second-order valence-corrected chi connectivity index (χ2v) is 10.4. The van der Waals surface area contributed by atoms with Crippen molar-refractivity contribution in [1.29, 1.82) is 0 Å². The number of halogens is 8. The van der Waals surface area contributed by atoms with E-state index < -0.39 is 37.6 Å². The molecule has 6 N–H and O–H groups in total. The summed E-state index contributed by atoms with van der Waals surface area (Å²) in [5, 5.41) is 26.7. The van der Waals surface area contributed by atoms with E-state index in [1.165, 1.54) is 0 Å². The van der Waals surface area contributed by atoms with Crippen LogP contribution in [0.15, 0.2) is 120 Å². The molecule has 6 rings (SSSR count). The molecule has 57 heavy (non-hydrogen) atoms. The van der Waals surface area contributed by atoms with Crippen LogP contribution in [0.25, 0.3) is 43.6 Å². The van der Waals surface area contributed by atoms with Crippen molar-refractivity contribution in [2.45, 2.75) is 27.7 Å². The van der Waals surface area contributed by atoms with Gasteiger partial charge in [0, 0.05) is 57.5 Å². The van der Waals surface area contributed by atoms with Crippen molar-refractivity contribution in [3.05, 3.63) is 120 Å². The van der Waals surface area contributed by atoms with Crippen molar-refractivity contribution in [2.75, 3.05) is 0 Å². The van der Waals surface area contributed by atoms with Gasteiger partial charge in [-0.3, -0.25) is 29.5 Å². The van der Waals surface area contributed by atoms with Gasteiger partial charge < -0.3 is 61.2 Å². The van der Waals surface area contributed by atoms with Gasteiger partial charge in [-0.2, -0.15) is 0 Å². The van der Waals surface area contributed by atoms with Gasteiger partial charge in [0.2, 0.25) is 0 Å². The minimum absolute atomic E-state index is 0. The number of ketones is 2. The number of aromatic nitrogens is 4. The van der Waals surface area contributed by atoms with Crippen LogP contribution in [-0.2, 0) is 43.7 Å². The van der Waals surface area contributed by atoms with E-state index in [4.69, 9.17) is 0 Å². The van der Waals surface area contributed by atoms with E-state index in [0.29, 0.717) is 0 Å². The predicted octanol–water partition coefficient (Wildman–Crippen LogP) is 5.12. The largest absolute Gasteiger partial charge is 2.00 e. The van der Waals surface area contributed by atoms with Gasteiger partial charge in [-0.15, -0.1) is 11.5 Å². The zero-order valence-electron chi connectivity index (χ0n) is 29.9. The molecule has 0 saturated heterocycles. The molecular weight excluding hydrogens is 877 g/mol. The number of hydrogen-bond acceptors (Lipinski definition) is 8. The fraction of sp³-hybridized carbons (Fsp3) is 0.118. The molecule has 2 radical (unpaired) electrons. The third-order valence-electron chi connectivity index (χ3n) is 6.35. The Hall–Kier alpha value is -5.01. The summed E-state index contributed by atoms with van der Waals surface area (Å²) in [5.74, 6) is -2.23. The average Bonchev–Trinajstić information content (AvgIpc) is 3.05. The fourth-order valence-electron chi connectivity index (χ4n) is 4.56. The van der Waals surface area contributed by atoms with Crippen LogP contribution in [0.1, 0.15) is 27.7 Å². The van der Waals surface area contributed by atoms with E-state index >= 15 is 0 Å². The summed E-state index contributed by atoms with van der Waals surface area (Å²) in [5.41, 5.74) is 3.31. The molecule has 0 spiro atoms. The summed E-state index contributed by atoms with van der Waals surface area (Å²) >= 11 is 0. The summed E-state index contributed by atoms with van der Waals surface area (Å²) in [7, 11) is -12.0. The first-order valence-corrected chi connectivity index (χ1v) is 14.9. The molecule has 0 amide bonds. The van der Waals surface area contributed by atoms with Gasteiger partial charge >= 0.3 is 48.6 Å². The quantitative estimate of drug-likeness (QED) is 0.0577. The molecular formula is C34H34B2Cu2F8N4O7. The average molecular weight is 911 g/mol. The first kappa shape index (κ1) is 58.7. The monoisotopic (exact) mass is 910 g/mol. The molecule has 0 atom stereocenters. The molecule has 2 aromatic carbocycles. The SMILES string of the molecule is CC(=O)C(=C(/C)[O-])/C(C(C)=O)=C(\C)[O-].F[B-](F)(F)F.F[B-](F)(F)F.O.O.O.[Cu+2].[Cu+2].c1cnc2c(c1)ccc1cccnc12.c1cnc2c(c1)ccc1cccnc12. The minimum Gasteiger partial charge on any atom is -0.875 e. The molecule has 316 valence electrons. The Kier molecular flexibility index (Phi) is 27.6. The van der Waals surface area contributed by atoms with Crippen LogP contribution in [0.4, 0.5) is 34.5 Å². The van der Waals surface area contributed by atoms with Crippen molar-refractivity contribution in [3.63, 3.8) is 0 Å². The molecule has 0 fully saturated rings. The Morgan fingerprint density at radius 1 is 0.439 bits per heavy atom. The molecule has 0 bridgehead atoms. The topological polar surface area (TPSA) is 226 Å². The number of hydrogen-bond donors (Lipinski definition) is 0. The Balaban J connectivity index is -0.000000318. The molecule has 23 heteroatoms. The minimum atomic E-state index is -6.00. The fourth-order valence-corrected chi connectivity index (χ4v) is 4.56. The van der Waals surface area contributed by atoms with Crippen LogP contribution >= 0.6 is 0 Å². The third-order valence-corrected chi connectivity index (χ3v) is 6.35. The zero-order chi connectivity index (χ0) is 39.2.